The second kappa shape index (κ2) is 8.18. The van der Waals surface area contributed by atoms with E-state index in [1.807, 2.05) is 4.90 Å². The fourth-order valence-electron chi connectivity index (χ4n) is 5.85. The number of allylic oxidation sites excluding steroid dienone is 2. The number of aromatic amines is 1. The van der Waals surface area contributed by atoms with Gasteiger partial charge in [-0.05, 0) is 57.4 Å². The van der Waals surface area contributed by atoms with Gasteiger partial charge in [0.1, 0.15) is 0 Å². The van der Waals surface area contributed by atoms with Gasteiger partial charge in [0.15, 0.2) is 5.65 Å². The summed E-state index contributed by atoms with van der Waals surface area (Å²) in [5.74, 6) is 1.59. The van der Waals surface area contributed by atoms with E-state index in [0.717, 1.165) is 48.8 Å². The van der Waals surface area contributed by atoms with E-state index in [1.54, 1.807) is 4.52 Å². The lowest BCUT2D eigenvalue weighted by Crippen LogP contribution is -2.41. The Morgan fingerprint density at radius 3 is 2.88 bits per heavy atom. The van der Waals surface area contributed by atoms with Crippen LogP contribution in [0.4, 0.5) is 0 Å². The van der Waals surface area contributed by atoms with E-state index in [9.17, 15) is 9.59 Å². The molecular formula is C25H33N5O2. The molecule has 0 spiro atoms. The second-order valence-corrected chi connectivity index (χ2v) is 10.3. The molecule has 4 aliphatic rings. The van der Waals surface area contributed by atoms with Gasteiger partial charge >= 0.3 is 0 Å². The maximum Gasteiger partial charge on any atom is 0.277 e. The Labute approximate surface area is 188 Å². The Bertz CT molecular complexity index is 1110. The van der Waals surface area contributed by atoms with Crippen LogP contribution >= 0.6 is 0 Å². The molecule has 0 radical (unpaired) electrons. The quantitative estimate of drug-likeness (QED) is 0.750. The average molecular weight is 436 g/mol. The SMILES string of the molecule is O=C(C1CC1)N1CCc2nc3cc([C@H]4CCCN(C[C@@H]5CC=CCC5)C4)[nH]n3c(=O)c2C1. The van der Waals surface area contributed by atoms with Gasteiger partial charge in [-0.25, -0.2) is 9.50 Å². The van der Waals surface area contributed by atoms with Crippen LogP contribution in [0.1, 0.15) is 67.8 Å². The topological polar surface area (TPSA) is 73.7 Å². The van der Waals surface area contributed by atoms with Crippen molar-refractivity contribution in [2.75, 3.05) is 26.2 Å². The Balaban J connectivity index is 1.22. The van der Waals surface area contributed by atoms with E-state index < -0.39 is 0 Å². The summed E-state index contributed by atoms with van der Waals surface area (Å²) in [5.41, 5.74) is 3.37. The summed E-state index contributed by atoms with van der Waals surface area (Å²) < 4.78 is 1.62. The summed E-state index contributed by atoms with van der Waals surface area (Å²) >= 11 is 0. The number of hydrogen-bond donors (Lipinski definition) is 1. The largest absolute Gasteiger partial charge is 0.337 e. The smallest absolute Gasteiger partial charge is 0.277 e. The third-order valence-electron chi connectivity index (χ3n) is 7.86. The fourth-order valence-corrected chi connectivity index (χ4v) is 5.85. The molecule has 1 saturated carbocycles. The first-order chi connectivity index (χ1) is 15.7. The molecule has 1 amide bonds. The van der Waals surface area contributed by atoms with Gasteiger partial charge in [-0.2, -0.15) is 0 Å². The molecule has 170 valence electrons. The van der Waals surface area contributed by atoms with Crippen LogP contribution in [0, 0.1) is 11.8 Å². The van der Waals surface area contributed by atoms with Crippen molar-refractivity contribution in [3.8, 4) is 0 Å². The number of nitrogens with zero attached hydrogens (tertiary/aromatic N) is 4. The first-order valence-electron chi connectivity index (χ1n) is 12.5. The zero-order valence-electron chi connectivity index (χ0n) is 18.8. The summed E-state index contributed by atoms with van der Waals surface area (Å²) in [7, 11) is 0. The van der Waals surface area contributed by atoms with Crippen molar-refractivity contribution in [2.24, 2.45) is 11.8 Å². The molecule has 2 aliphatic carbocycles. The molecule has 2 fully saturated rings. The number of aromatic nitrogens is 3. The molecule has 7 nitrogen and oxygen atoms in total. The number of likely N-dealkylation sites (tertiary alicyclic amines) is 1. The minimum atomic E-state index is -0.0359. The minimum absolute atomic E-state index is 0.0359. The van der Waals surface area contributed by atoms with E-state index in [4.69, 9.17) is 4.98 Å². The van der Waals surface area contributed by atoms with Crippen molar-refractivity contribution < 1.29 is 4.79 Å². The Kier molecular flexibility index (Phi) is 5.17. The second-order valence-electron chi connectivity index (χ2n) is 10.3. The van der Waals surface area contributed by atoms with Gasteiger partial charge in [-0.1, -0.05) is 12.2 Å². The van der Waals surface area contributed by atoms with Crippen LogP contribution in [0.3, 0.4) is 0 Å². The lowest BCUT2D eigenvalue weighted by molar-refractivity contribution is -0.133. The van der Waals surface area contributed by atoms with Crippen LogP contribution in [0.5, 0.6) is 0 Å². The summed E-state index contributed by atoms with van der Waals surface area (Å²) in [6.07, 6.45) is 13.4. The summed E-state index contributed by atoms with van der Waals surface area (Å²) in [6.45, 7) is 4.48. The lowest BCUT2D eigenvalue weighted by atomic mass is 9.90. The summed E-state index contributed by atoms with van der Waals surface area (Å²) in [4.78, 5) is 35.1. The van der Waals surface area contributed by atoms with Gasteiger partial charge in [-0.15, -0.1) is 0 Å². The summed E-state index contributed by atoms with van der Waals surface area (Å²) in [5, 5.41) is 3.39. The Morgan fingerprint density at radius 1 is 1.16 bits per heavy atom. The van der Waals surface area contributed by atoms with Crippen LogP contribution in [0.2, 0.25) is 0 Å². The highest BCUT2D eigenvalue weighted by atomic mass is 16.2. The monoisotopic (exact) mass is 435 g/mol. The highest BCUT2D eigenvalue weighted by molar-refractivity contribution is 5.81. The predicted octanol–water partition coefficient (Wildman–Crippen LogP) is 2.85. The molecule has 0 bridgehead atoms. The standard InChI is InChI=1S/C25H33N5O2/c31-24(18-8-9-18)29-12-10-21-20(16-29)25(32)30-23(26-21)13-22(27-30)19-7-4-11-28(15-19)14-17-5-2-1-3-6-17/h1-2,13,17-19,27H,3-12,14-16H2/t17-,19+/m1/s1. The highest BCUT2D eigenvalue weighted by Gasteiger charge is 2.36. The Morgan fingerprint density at radius 2 is 2.06 bits per heavy atom. The number of rotatable bonds is 4. The van der Waals surface area contributed by atoms with Crippen molar-refractivity contribution in [3.63, 3.8) is 0 Å². The molecule has 0 unspecified atom stereocenters. The molecular weight excluding hydrogens is 402 g/mol. The minimum Gasteiger partial charge on any atom is -0.337 e. The Hall–Kier alpha value is -2.41. The number of carbonyl (C=O) groups excluding carboxylic acids is 1. The van der Waals surface area contributed by atoms with Crippen molar-refractivity contribution in [3.05, 3.63) is 45.5 Å². The first-order valence-corrected chi connectivity index (χ1v) is 12.5. The van der Waals surface area contributed by atoms with E-state index in [0.29, 0.717) is 31.0 Å². The zero-order chi connectivity index (χ0) is 21.7. The highest BCUT2D eigenvalue weighted by Crippen LogP contribution is 2.33. The molecule has 2 aromatic heterocycles. The van der Waals surface area contributed by atoms with Crippen LogP contribution < -0.4 is 5.56 Å². The van der Waals surface area contributed by atoms with Gasteiger partial charge in [0.25, 0.3) is 5.56 Å². The number of nitrogens with one attached hydrogen (secondary N) is 1. The number of amides is 1. The fraction of sp³-hybridized carbons (Fsp3) is 0.640. The van der Waals surface area contributed by atoms with E-state index >= 15 is 0 Å². The van der Waals surface area contributed by atoms with Gasteiger partial charge in [-0.3, -0.25) is 14.7 Å². The van der Waals surface area contributed by atoms with Crippen LogP contribution in [-0.2, 0) is 17.8 Å². The normalized spacial score (nSPS) is 26.4. The average Bonchev–Trinajstić information content (AvgIpc) is 3.58. The molecule has 7 heteroatoms. The third kappa shape index (κ3) is 3.81. The van der Waals surface area contributed by atoms with E-state index in [-0.39, 0.29) is 17.4 Å². The molecule has 0 aromatic carbocycles. The maximum absolute atomic E-state index is 13.3. The maximum atomic E-state index is 13.3. The third-order valence-corrected chi connectivity index (χ3v) is 7.86. The molecule has 1 N–H and O–H groups in total. The predicted molar refractivity (Wildman–Crippen MR) is 123 cm³/mol. The number of piperidine rings is 1. The molecule has 4 heterocycles. The van der Waals surface area contributed by atoms with Gasteiger partial charge < -0.3 is 9.80 Å². The molecule has 1 saturated heterocycles. The number of hydrogen-bond acceptors (Lipinski definition) is 4. The van der Waals surface area contributed by atoms with E-state index in [1.165, 1.54) is 38.8 Å². The molecule has 6 rings (SSSR count). The molecule has 32 heavy (non-hydrogen) atoms. The molecule has 2 aliphatic heterocycles. The first kappa shape index (κ1) is 20.2. The molecule has 2 aromatic rings. The van der Waals surface area contributed by atoms with Crippen LogP contribution in [-0.4, -0.2) is 56.5 Å². The van der Waals surface area contributed by atoms with Gasteiger partial charge in [0.05, 0.1) is 17.8 Å². The van der Waals surface area contributed by atoms with Crippen LogP contribution in [0.15, 0.2) is 23.0 Å². The van der Waals surface area contributed by atoms with Gasteiger partial charge in [0, 0.05) is 49.7 Å². The van der Waals surface area contributed by atoms with Crippen molar-refractivity contribution in [2.45, 2.75) is 63.8 Å². The van der Waals surface area contributed by atoms with Crippen molar-refractivity contribution in [1.29, 1.82) is 0 Å². The molecule has 2 atom stereocenters. The number of fused-ring (bicyclic) bond motifs is 2. The lowest BCUT2D eigenvalue weighted by Gasteiger charge is -2.35. The summed E-state index contributed by atoms with van der Waals surface area (Å²) in [6, 6.07) is 2.08. The van der Waals surface area contributed by atoms with Crippen LogP contribution in [0.25, 0.3) is 5.65 Å². The number of carbonyl (C=O) groups is 1. The zero-order valence-corrected chi connectivity index (χ0v) is 18.8. The van der Waals surface area contributed by atoms with Crippen molar-refractivity contribution in [1.82, 2.24) is 24.4 Å². The van der Waals surface area contributed by atoms with Gasteiger partial charge in [0.2, 0.25) is 5.91 Å². The van der Waals surface area contributed by atoms with Crippen molar-refractivity contribution >= 4 is 11.6 Å². The van der Waals surface area contributed by atoms with E-state index in [2.05, 4.69) is 28.2 Å². The number of H-pyrrole nitrogens is 1.